The van der Waals surface area contributed by atoms with Crippen molar-refractivity contribution in [1.29, 1.82) is 5.26 Å². The highest BCUT2D eigenvalue weighted by molar-refractivity contribution is 6.31. The van der Waals surface area contributed by atoms with Gasteiger partial charge in [-0.3, -0.25) is 9.78 Å². The molecular weight excluding hydrogens is 238 g/mol. The van der Waals surface area contributed by atoms with Gasteiger partial charge in [-0.1, -0.05) is 18.5 Å². The van der Waals surface area contributed by atoms with Crippen LogP contribution in [0, 0.1) is 18.3 Å². The molecule has 5 heteroatoms. The summed E-state index contributed by atoms with van der Waals surface area (Å²) in [4.78, 5) is 15.8. The highest BCUT2D eigenvalue weighted by atomic mass is 35.5. The van der Waals surface area contributed by atoms with Crippen molar-refractivity contribution in [3.05, 3.63) is 28.5 Å². The van der Waals surface area contributed by atoms with Crippen LogP contribution in [-0.2, 0) is 0 Å². The number of pyridine rings is 1. The van der Waals surface area contributed by atoms with Gasteiger partial charge in [0.05, 0.1) is 12.5 Å². The van der Waals surface area contributed by atoms with Gasteiger partial charge >= 0.3 is 0 Å². The van der Waals surface area contributed by atoms with Crippen molar-refractivity contribution >= 4 is 17.5 Å². The fourth-order valence-electron chi connectivity index (χ4n) is 1.29. The molecule has 1 aromatic rings. The molecule has 0 aliphatic heterocycles. The Kier molecular flexibility index (Phi) is 4.92. The summed E-state index contributed by atoms with van der Waals surface area (Å²) in [5, 5.41) is 11.9. The number of hydrogen-bond donors (Lipinski definition) is 1. The van der Waals surface area contributed by atoms with E-state index in [1.807, 2.05) is 19.9 Å². The van der Waals surface area contributed by atoms with Crippen molar-refractivity contribution in [2.75, 3.05) is 0 Å². The molecule has 4 nitrogen and oxygen atoms in total. The normalized spacial score (nSPS) is 11.6. The summed E-state index contributed by atoms with van der Waals surface area (Å²) in [5.74, 6) is -0.297. The Bertz CT molecular complexity index is 454. The molecule has 0 saturated heterocycles. The van der Waals surface area contributed by atoms with Crippen LogP contribution in [0.4, 0.5) is 0 Å². The molecule has 1 unspecified atom stereocenters. The molecule has 0 fully saturated rings. The molecule has 1 atom stereocenters. The lowest BCUT2D eigenvalue weighted by molar-refractivity contribution is 0.0931. The van der Waals surface area contributed by atoms with Crippen LogP contribution in [0.5, 0.6) is 0 Å². The minimum atomic E-state index is -0.297. The standard InChI is InChI=1S/C12H14ClN3O/c1-3-9(4-5-14)16-12(17)11-6-10(13)8(2)7-15-11/h6-7,9H,3-4H2,1-2H3,(H,16,17). The molecule has 90 valence electrons. The Morgan fingerprint density at radius 1 is 1.71 bits per heavy atom. The largest absolute Gasteiger partial charge is 0.347 e. The first-order valence-electron chi connectivity index (χ1n) is 5.38. The maximum atomic E-state index is 11.8. The van der Waals surface area contributed by atoms with E-state index in [0.29, 0.717) is 17.9 Å². The van der Waals surface area contributed by atoms with Gasteiger partial charge in [-0.15, -0.1) is 0 Å². The van der Waals surface area contributed by atoms with Gasteiger partial charge in [-0.05, 0) is 25.0 Å². The first-order valence-corrected chi connectivity index (χ1v) is 5.76. The van der Waals surface area contributed by atoms with E-state index >= 15 is 0 Å². The van der Waals surface area contributed by atoms with E-state index in [-0.39, 0.29) is 17.6 Å². The Balaban J connectivity index is 2.76. The first kappa shape index (κ1) is 13.5. The second kappa shape index (κ2) is 6.21. The minimum Gasteiger partial charge on any atom is -0.347 e. The minimum absolute atomic E-state index is 0.144. The molecule has 0 aromatic carbocycles. The van der Waals surface area contributed by atoms with E-state index in [0.717, 1.165) is 5.56 Å². The molecule has 0 bridgehead atoms. The number of rotatable bonds is 4. The number of amides is 1. The average molecular weight is 252 g/mol. The third kappa shape index (κ3) is 3.72. The van der Waals surface area contributed by atoms with Gasteiger partial charge in [0, 0.05) is 17.3 Å². The van der Waals surface area contributed by atoms with Crippen molar-refractivity contribution in [2.45, 2.75) is 32.7 Å². The second-order valence-corrected chi connectivity index (χ2v) is 4.17. The molecular formula is C12H14ClN3O. The molecule has 1 heterocycles. The molecule has 1 amide bonds. The highest BCUT2D eigenvalue weighted by Crippen LogP contribution is 2.14. The summed E-state index contributed by atoms with van der Waals surface area (Å²) in [6, 6.07) is 3.42. The fourth-order valence-corrected chi connectivity index (χ4v) is 1.44. The third-order valence-electron chi connectivity index (χ3n) is 2.44. The number of nitrogens with zero attached hydrogens (tertiary/aromatic N) is 2. The highest BCUT2D eigenvalue weighted by Gasteiger charge is 2.13. The number of nitrogens with one attached hydrogen (secondary N) is 1. The third-order valence-corrected chi connectivity index (χ3v) is 2.84. The predicted octanol–water partition coefficient (Wildman–Crippen LogP) is 2.47. The molecule has 0 radical (unpaired) electrons. The number of aromatic nitrogens is 1. The van der Waals surface area contributed by atoms with Crippen LogP contribution in [0.25, 0.3) is 0 Å². The van der Waals surface area contributed by atoms with Crippen LogP contribution in [-0.4, -0.2) is 16.9 Å². The van der Waals surface area contributed by atoms with Gasteiger partial charge in [0.25, 0.3) is 5.91 Å². The van der Waals surface area contributed by atoms with Crippen LogP contribution < -0.4 is 5.32 Å². The van der Waals surface area contributed by atoms with Gasteiger partial charge in [0.2, 0.25) is 0 Å². The maximum Gasteiger partial charge on any atom is 0.270 e. The zero-order valence-corrected chi connectivity index (χ0v) is 10.6. The van der Waals surface area contributed by atoms with Crippen molar-refractivity contribution in [3.8, 4) is 6.07 Å². The predicted molar refractivity (Wildman–Crippen MR) is 65.8 cm³/mol. The van der Waals surface area contributed by atoms with Gasteiger partial charge in [-0.25, -0.2) is 0 Å². The Morgan fingerprint density at radius 3 is 2.94 bits per heavy atom. The SMILES string of the molecule is CCC(CC#N)NC(=O)c1cc(Cl)c(C)cn1. The number of nitriles is 1. The zero-order chi connectivity index (χ0) is 12.8. The van der Waals surface area contributed by atoms with Crippen molar-refractivity contribution in [3.63, 3.8) is 0 Å². The number of carbonyl (C=O) groups is 1. The summed E-state index contributed by atoms with van der Waals surface area (Å²) < 4.78 is 0. The van der Waals surface area contributed by atoms with E-state index in [1.165, 1.54) is 6.07 Å². The van der Waals surface area contributed by atoms with E-state index in [1.54, 1.807) is 6.20 Å². The molecule has 0 spiro atoms. The number of carbonyl (C=O) groups excluding carboxylic acids is 1. The van der Waals surface area contributed by atoms with Gasteiger partial charge in [-0.2, -0.15) is 5.26 Å². The first-order chi connectivity index (χ1) is 8.08. The van der Waals surface area contributed by atoms with Gasteiger partial charge in [0.15, 0.2) is 0 Å². The number of hydrogen-bond acceptors (Lipinski definition) is 3. The molecule has 1 aromatic heterocycles. The summed E-state index contributed by atoms with van der Waals surface area (Å²) >= 11 is 5.92. The average Bonchev–Trinajstić information content (AvgIpc) is 2.31. The fraction of sp³-hybridized carbons (Fsp3) is 0.417. The van der Waals surface area contributed by atoms with E-state index in [2.05, 4.69) is 10.3 Å². The summed E-state index contributed by atoms with van der Waals surface area (Å²) in [7, 11) is 0. The van der Waals surface area contributed by atoms with Crippen LogP contribution >= 0.6 is 11.6 Å². The van der Waals surface area contributed by atoms with Crippen molar-refractivity contribution in [1.82, 2.24) is 10.3 Å². The Hall–Kier alpha value is -1.60. The zero-order valence-electron chi connectivity index (χ0n) is 9.83. The molecule has 0 aliphatic carbocycles. The number of aryl methyl sites for hydroxylation is 1. The lowest BCUT2D eigenvalue weighted by Gasteiger charge is -2.13. The van der Waals surface area contributed by atoms with E-state index in [4.69, 9.17) is 16.9 Å². The maximum absolute atomic E-state index is 11.8. The summed E-state index contributed by atoms with van der Waals surface area (Å²) in [6.45, 7) is 3.74. The van der Waals surface area contributed by atoms with E-state index < -0.39 is 0 Å². The topological polar surface area (TPSA) is 65.8 Å². The van der Waals surface area contributed by atoms with Crippen LogP contribution in [0.15, 0.2) is 12.3 Å². The molecule has 0 aliphatic rings. The molecule has 0 saturated carbocycles. The van der Waals surface area contributed by atoms with Gasteiger partial charge < -0.3 is 5.32 Å². The van der Waals surface area contributed by atoms with Crippen LogP contribution in [0.2, 0.25) is 5.02 Å². The summed E-state index contributed by atoms with van der Waals surface area (Å²) in [5.41, 5.74) is 1.10. The Labute approximate surface area is 106 Å². The van der Waals surface area contributed by atoms with Gasteiger partial charge in [0.1, 0.15) is 5.69 Å². The summed E-state index contributed by atoms with van der Waals surface area (Å²) in [6.07, 6.45) is 2.56. The van der Waals surface area contributed by atoms with Crippen molar-refractivity contribution in [2.24, 2.45) is 0 Å². The van der Waals surface area contributed by atoms with E-state index in [9.17, 15) is 4.79 Å². The van der Waals surface area contributed by atoms with Crippen LogP contribution in [0.1, 0.15) is 35.8 Å². The Morgan fingerprint density at radius 2 is 2.41 bits per heavy atom. The quantitative estimate of drug-likeness (QED) is 0.894. The lowest BCUT2D eigenvalue weighted by Crippen LogP contribution is -2.34. The molecule has 1 N–H and O–H groups in total. The van der Waals surface area contributed by atoms with Crippen LogP contribution in [0.3, 0.4) is 0 Å². The lowest BCUT2D eigenvalue weighted by atomic mass is 10.1. The monoisotopic (exact) mass is 251 g/mol. The smallest absolute Gasteiger partial charge is 0.270 e. The molecule has 17 heavy (non-hydrogen) atoms. The molecule has 1 rings (SSSR count). The second-order valence-electron chi connectivity index (χ2n) is 3.76. The van der Waals surface area contributed by atoms with Crippen molar-refractivity contribution < 1.29 is 4.79 Å². The number of halogens is 1.